The fourth-order valence-corrected chi connectivity index (χ4v) is 5.89. The molecule has 0 saturated carbocycles. The summed E-state index contributed by atoms with van der Waals surface area (Å²) in [6, 6.07) is 17.3. The van der Waals surface area contributed by atoms with Gasteiger partial charge >= 0.3 is 0 Å². The van der Waals surface area contributed by atoms with Crippen LogP contribution < -0.4 is 4.90 Å². The molecular formula is C24H28N4S. The van der Waals surface area contributed by atoms with E-state index in [9.17, 15) is 0 Å². The number of aromatic nitrogens is 2. The number of likely N-dealkylation sites (tertiary alicyclic amines) is 1. The fraction of sp³-hybridized carbons (Fsp3) is 0.417. The first-order chi connectivity index (χ1) is 14.2. The van der Waals surface area contributed by atoms with Crippen molar-refractivity contribution in [3.8, 4) is 0 Å². The molecule has 2 aliphatic heterocycles. The number of hydrogen-bond acceptors (Lipinski definition) is 5. The van der Waals surface area contributed by atoms with Gasteiger partial charge in [0.05, 0.1) is 5.69 Å². The average Bonchev–Trinajstić information content (AvgIpc) is 3.42. The number of thiazole rings is 1. The third kappa shape index (κ3) is 3.94. The van der Waals surface area contributed by atoms with E-state index < -0.39 is 0 Å². The number of benzene rings is 1. The molecule has 0 amide bonds. The summed E-state index contributed by atoms with van der Waals surface area (Å²) >= 11 is 1.77. The standard InChI is InChI=1S/C24H28N4S/c1-19-6-5-9-22(26-19)16-27-14-21-15-28(23-25-12-13-29-23)18-24(21,17-27)11-10-20-7-3-2-4-8-20/h2-9,12-13,21H,10-11,14-18H2,1H3. The van der Waals surface area contributed by atoms with Crippen LogP contribution in [0.15, 0.2) is 60.1 Å². The predicted molar refractivity (Wildman–Crippen MR) is 119 cm³/mol. The van der Waals surface area contributed by atoms with Gasteiger partial charge in [0.1, 0.15) is 0 Å². The van der Waals surface area contributed by atoms with Crippen LogP contribution in [0.1, 0.15) is 23.4 Å². The van der Waals surface area contributed by atoms with Crippen LogP contribution in [-0.4, -0.2) is 41.0 Å². The summed E-state index contributed by atoms with van der Waals surface area (Å²) in [6.07, 6.45) is 4.32. The Labute approximate surface area is 177 Å². The van der Waals surface area contributed by atoms with Gasteiger partial charge in [0.2, 0.25) is 0 Å². The molecule has 0 radical (unpaired) electrons. The molecule has 5 rings (SSSR count). The summed E-state index contributed by atoms with van der Waals surface area (Å²) in [5.41, 5.74) is 4.09. The molecule has 150 valence electrons. The summed E-state index contributed by atoms with van der Waals surface area (Å²) in [5, 5.41) is 3.28. The monoisotopic (exact) mass is 404 g/mol. The lowest BCUT2D eigenvalue weighted by molar-refractivity contribution is 0.239. The van der Waals surface area contributed by atoms with Gasteiger partial charge in [-0.1, -0.05) is 36.4 Å². The van der Waals surface area contributed by atoms with Gasteiger partial charge in [-0.15, -0.1) is 11.3 Å². The minimum atomic E-state index is 0.339. The van der Waals surface area contributed by atoms with Crippen LogP contribution in [0.3, 0.4) is 0 Å². The van der Waals surface area contributed by atoms with Gasteiger partial charge in [0.25, 0.3) is 0 Å². The second kappa shape index (κ2) is 7.88. The van der Waals surface area contributed by atoms with Crippen molar-refractivity contribution in [2.75, 3.05) is 31.1 Å². The molecule has 2 atom stereocenters. The van der Waals surface area contributed by atoms with Crippen LogP contribution in [0.5, 0.6) is 0 Å². The largest absolute Gasteiger partial charge is 0.347 e. The number of hydrogen-bond donors (Lipinski definition) is 0. The quantitative estimate of drug-likeness (QED) is 0.609. The van der Waals surface area contributed by atoms with Crippen molar-refractivity contribution in [3.05, 3.63) is 77.1 Å². The third-order valence-corrected chi connectivity index (χ3v) is 7.44. The average molecular weight is 405 g/mol. The minimum Gasteiger partial charge on any atom is -0.347 e. The first-order valence-corrected chi connectivity index (χ1v) is 11.4. The molecule has 29 heavy (non-hydrogen) atoms. The Balaban J connectivity index is 1.34. The van der Waals surface area contributed by atoms with Gasteiger partial charge in [-0.2, -0.15) is 0 Å². The lowest BCUT2D eigenvalue weighted by atomic mass is 9.76. The highest BCUT2D eigenvalue weighted by Crippen LogP contribution is 2.47. The molecule has 0 aliphatic carbocycles. The van der Waals surface area contributed by atoms with Crippen molar-refractivity contribution in [1.82, 2.24) is 14.9 Å². The minimum absolute atomic E-state index is 0.339. The summed E-state index contributed by atoms with van der Waals surface area (Å²) < 4.78 is 0. The van der Waals surface area contributed by atoms with Gasteiger partial charge in [0.15, 0.2) is 5.13 Å². The van der Waals surface area contributed by atoms with E-state index in [-0.39, 0.29) is 0 Å². The number of pyridine rings is 1. The smallest absolute Gasteiger partial charge is 0.185 e. The van der Waals surface area contributed by atoms with Crippen LogP contribution in [-0.2, 0) is 13.0 Å². The van der Waals surface area contributed by atoms with Crippen molar-refractivity contribution in [2.45, 2.75) is 26.3 Å². The maximum Gasteiger partial charge on any atom is 0.185 e. The zero-order valence-electron chi connectivity index (χ0n) is 17.0. The maximum absolute atomic E-state index is 4.74. The van der Waals surface area contributed by atoms with E-state index in [1.54, 1.807) is 11.3 Å². The Morgan fingerprint density at radius 3 is 2.76 bits per heavy atom. The highest BCUT2D eigenvalue weighted by molar-refractivity contribution is 7.13. The topological polar surface area (TPSA) is 32.3 Å². The van der Waals surface area contributed by atoms with Gasteiger partial charge in [0, 0.05) is 55.4 Å². The van der Waals surface area contributed by atoms with Crippen LogP contribution in [0.25, 0.3) is 0 Å². The molecule has 2 unspecified atom stereocenters. The number of anilines is 1. The molecule has 4 heterocycles. The molecule has 0 spiro atoms. The van der Waals surface area contributed by atoms with E-state index in [2.05, 4.69) is 75.6 Å². The zero-order valence-corrected chi connectivity index (χ0v) is 17.8. The van der Waals surface area contributed by atoms with Crippen molar-refractivity contribution >= 4 is 16.5 Å². The van der Waals surface area contributed by atoms with Crippen molar-refractivity contribution < 1.29 is 0 Å². The molecule has 2 aliphatic rings. The Bertz CT molecular complexity index is 943. The Morgan fingerprint density at radius 1 is 1.07 bits per heavy atom. The molecule has 1 aromatic carbocycles. The molecule has 2 saturated heterocycles. The van der Waals surface area contributed by atoms with Crippen molar-refractivity contribution in [1.29, 1.82) is 0 Å². The van der Waals surface area contributed by atoms with Gasteiger partial charge in [-0.3, -0.25) is 9.88 Å². The van der Waals surface area contributed by atoms with Crippen molar-refractivity contribution in [2.24, 2.45) is 11.3 Å². The SMILES string of the molecule is Cc1cccc(CN2CC3CN(c4nccs4)CC3(CCc3ccccc3)C2)n1. The van der Waals surface area contributed by atoms with E-state index in [0.29, 0.717) is 11.3 Å². The lowest BCUT2D eigenvalue weighted by Gasteiger charge is -2.29. The van der Waals surface area contributed by atoms with Crippen LogP contribution >= 0.6 is 11.3 Å². The van der Waals surface area contributed by atoms with E-state index in [4.69, 9.17) is 4.98 Å². The molecule has 0 bridgehead atoms. The summed E-state index contributed by atoms with van der Waals surface area (Å²) in [5.74, 6) is 0.694. The number of aryl methyl sites for hydroxylation is 2. The molecule has 2 aromatic heterocycles. The summed E-state index contributed by atoms with van der Waals surface area (Å²) in [4.78, 5) is 14.5. The van der Waals surface area contributed by atoms with Gasteiger partial charge in [-0.05, 0) is 43.4 Å². The summed E-state index contributed by atoms with van der Waals surface area (Å²) in [7, 11) is 0. The Hall–Kier alpha value is -2.24. The highest BCUT2D eigenvalue weighted by Gasteiger charge is 2.52. The molecule has 5 heteroatoms. The van der Waals surface area contributed by atoms with Gasteiger partial charge in [-0.25, -0.2) is 4.98 Å². The Kier molecular flexibility index (Phi) is 5.10. The van der Waals surface area contributed by atoms with E-state index in [0.717, 1.165) is 44.8 Å². The molecule has 2 fully saturated rings. The molecule has 0 N–H and O–H groups in total. The number of fused-ring (bicyclic) bond motifs is 1. The second-order valence-corrected chi connectivity index (χ2v) is 9.55. The van der Waals surface area contributed by atoms with Crippen LogP contribution in [0.4, 0.5) is 5.13 Å². The van der Waals surface area contributed by atoms with Crippen LogP contribution in [0, 0.1) is 18.3 Å². The van der Waals surface area contributed by atoms with Gasteiger partial charge < -0.3 is 4.90 Å². The highest BCUT2D eigenvalue weighted by atomic mass is 32.1. The molecule has 4 nitrogen and oxygen atoms in total. The first-order valence-electron chi connectivity index (χ1n) is 10.5. The normalized spacial score (nSPS) is 24.2. The zero-order chi connectivity index (χ0) is 19.7. The van der Waals surface area contributed by atoms with Crippen LogP contribution in [0.2, 0.25) is 0 Å². The van der Waals surface area contributed by atoms with E-state index in [1.165, 1.54) is 22.8 Å². The van der Waals surface area contributed by atoms with E-state index in [1.807, 2.05) is 6.20 Å². The third-order valence-electron chi connectivity index (χ3n) is 6.61. The summed E-state index contributed by atoms with van der Waals surface area (Å²) in [6.45, 7) is 7.60. The number of nitrogens with zero attached hydrogens (tertiary/aromatic N) is 4. The predicted octanol–water partition coefficient (Wildman–Crippen LogP) is 4.42. The molecular weight excluding hydrogens is 376 g/mol. The molecule has 3 aromatic rings. The Morgan fingerprint density at radius 2 is 1.97 bits per heavy atom. The number of rotatable bonds is 6. The maximum atomic E-state index is 4.74. The fourth-order valence-electron chi connectivity index (χ4n) is 5.24. The second-order valence-electron chi connectivity index (χ2n) is 8.68. The van der Waals surface area contributed by atoms with E-state index >= 15 is 0 Å². The van der Waals surface area contributed by atoms with Crippen molar-refractivity contribution in [3.63, 3.8) is 0 Å². The first kappa shape index (κ1) is 18.8. The lowest BCUT2D eigenvalue weighted by Crippen LogP contribution is -2.34.